The lowest BCUT2D eigenvalue weighted by Gasteiger charge is -2.14. The number of para-hydroxylation sites is 1. The maximum atomic E-state index is 5.35. The van der Waals surface area contributed by atoms with Crippen LogP contribution < -0.4 is 0 Å². The Morgan fingerprint density at radius 3 is 2.40 bits per heavy atom. The third-order valence-corrected chi connectivity index (χ3v) is 11.1. The molecule has 0 aliphatic heterocycles. The van der Waals surface area contributed by atoms with Crippen molar-refractivity contribution in [3.63, 3.8) is 0 Å². The first-order valence-electron chi connectivity index (χ1n) is 16.5. The van der Waals surface area contributed by atoms with Gasteiger partial charge in [0.25, 0.3) is 0 Å². The Bertz CT molecular complexity index is 2620. The highest BCUT2D eigenvalue weighted by Gasteiger charge is 2.24. The van der Waals surface area contributed by atoms with Crippen molar-refractivity contribution in [1.82, 2.24) is 14.1 Å². The normalized spacial score (nSPS) is 14.4. The number of hydrogen-bond donors (Lipinski definition) is 0. The number of rotatable bonds is 4. The lowest BCUT2D eigenvalue weighted by molar-refractivity contribution is 0.963. The van der Waals surface area contributed by atoms with Gasteiger partial charge in [-0.2, -0.15) is 0 Å². The SMILES string of the molecule is C1=CCCC(c2cc(-c3ccccc3)cc(-n3cc(-n4c5c(c6c7sc8ccccc8c7ccc64)CCC=C5)c4ccccc43)n2)=C1. The van der Waals surface area contributed by atoms with Crippen molar-refractivity contribution < 1.29 is 0 Å². The molecule has 3 nitrogen and oxygen atoms in total. The lowest BCUT2D eigenvalue weighted by atomic mass is 9.98. The van der Waals surface area contributed by atoms with Crippen LogP contribution >= 0.6 is 11.3 Å². The molecule has 8 aromatic rings. The summed E-state index contributed by atoms with van der Waals surface area (Å²) in [4.78, 5) is 5.35. The highest BCUT2D eigenvalue weighted by molar-refractivity contribution is 7.26. The van der Waals surface area contributed by atoms with Crippen LogP contribution in [0.4, 0.5) is 0 Å². The second-order valence-corrected chi connectivity index (χ2v) is 13.7. The first-order valence-corrected chi connectivity index (χ1v) is 17.3. The predicted octanol–water partition coefficient (Wildman–Crippen LogP) is 11.7. The summed E-state index contributed by atoms with van der Waals surface area (Å²) in [6.45, 7) is 0. The van der Waals surface area contributed by atoms with Gasteiger partial charge in [0, 0.05) is 42.8 Å². The molecule has 4 aromatic carbocycles. The Morgan fingerprint density at radius 2 is 1.51 bits per heavy atom. The predicted molar refractivity (Wildman–Crippen MR) is 200 cm³/mol. The molecule has 0 spiro atoms. The summed E-state index contributed by atoms with van der Waals surface area (Å²) in [6, 6.07) is 37.5. The minimum atomic E-state index is 0.937. The fourth-order valence-corrected chi connectivity index (χ4v) is 8.98. The van der Waals surface area contributed by atoms with Gasteiger partial charge in [0.05, 0.1) is 22.4 Å². The summed E-state index contributed by atoms with van der Waals surface area (Å²) in [6.07, 6.45) is 17.8. The zero-order valence-electron chi connectivity index (χ0n) is 25.9. The minimum absolute atomic E-state index is 0.937. The molecular formula is C43H31N3S. The molecule has 0 unspecified atom stereocenters. The van der Waals surface area contributed by atoms with E-state index in [1.54, 1.807) is 0 Å². The fourth-order valence-electron chi connectivity index (χ4n) is 7.71. The van der Waals surface area contributed by atoms with Crippen LogP contribution in [0, 0.1) is 0 Å². The van der Waals surface area contributed by atoms with E-state index in [0.717, 1.165) is 42.7 Å². The summed E-state index contributed by atoms with van der Waals surface area (Å²) in [7, 11) is 0. The highest BCUT2D eigenvalue weighted by Crippen LogP contribution is 2.45. The van der Waals surface area contributed by atoms with Crippen molar-refractivity contribution >= 4 is 65.0 Å². The maximum Gasteiger partial charge on any atom is 0.138 e. The van der Waals surface area contributed by atoms with Gasteiger partial charge in [0.2, 0.25) is 0 Å². The van der Waals surface area contributed by atoms with E-state index in [9.17, 15) is 0 Å². The minimum Gasteiger partial charge on any atom is -0.307 e. The third-order valence-electron chi connectivity index (χ3n) is 9.89. The molecule has 0 N–H and O–H groups in total. The van der Waals surface area contributed by atoms with Gasteiger partial charge in [-0.05, 0) is 84.4 Å². The van der Waals surface area contributed by atoms with Gasteiger partial charge in [0.1, 0.15) is 5.82 Å². The zero-order valence-corrected chi connectivity index (χ0v) is 26.7. The summed E-state index contributed by atoms with van der Waals surface area (Å²) in [5.74, 6) is 0.937. The van der Waals surface area contributed by atoms with Gasteiger partial charge in [-0.3, -0.25) is 4.57 Å². The van der Waals surface area contributed by atoms with E-state index in [4.69, 9.17) is 4.98 Å². The summed E-state index contributed by atoms with van der Waals surface area (Å²) < 4.78 is 7.57. The van der Waals surface area contributed by atoms with Crippen molar-refractivity contribution in [2.45, 2.75) is 25.7 Å². The quantitative estimate of drug-likeness (QED) is 0.192. The Labute approximate surface area is 277 Å². The summed E-state index contributed by atoms with van der Waals surface area (Å²) in [5, 5.41) is 5.33. The molecule has 0 bridgehead atoms. The van der Waals surface area contributed by atoms with E-state index >= 15 is 0 Å². The molecule has 4 heterocycles. The molecule has 224 valence electrons. The van der Waals surface area contributed by atoms with Crippen LogP contribution in [0.5, 0.6) is 0 Å². The topological polar surface area (TPSA) is 22.8 Å². The number of hydrogen-bond acceptors (Lipinski definition) is 2. The van der Waals surface area contributed by atoms with Crippen molar-refractivity contribution in [1.29, 1.82) is 0 Å². The molecule has 0 saturated heterocycles. The van der Waals surface area contributed by atoms with Gasteiger partial charge < -0.3 is 4.57 Å². The largest absolute Gasteiger partial charge is 0.307 e. The van der Waals surface area contributed by atoms with Gasteiger partial charge in [-0.25, -0.2) is 4.98 Å². The molecular weight excluding hydrogens is 591 g/mol. The average molecular weight is 622 g/mol. The van der Waals surface area contributed by atoms with E-state index in [2.05, 4.69) is 149 Å². The number of aryl methyl sites for hydroxylation is 1. The average Bonchev–Trinajstić information content (AvgIpc) is 3.82. The summed E-state index contributed by atoms with van der Waals surface area (Å²) in [5.41, 5.74) is 11.1. The van der Waals surface area contributed by atoms with Gasteiger partial charge in [0.15, 0.2) is 0 Å². The smallest absolute Gasteiger partial charge is 0.138 e. The van der Waals surface area contributed by atoms with Crippen LogP contribution in [0.3, 0.4) is 0 Å². The number of allylic oxidation sites excluding steroid dienone is 5. The van der Waals surface area contributed by atoms with Crippen molar-refractivity contribution in [2.24, 2.45) is 0 Å². The zero-order chi connectivity index (χ0) is 30.9. The molecule has 0 atom stereocenters. The second kappa shape index (κ2) is 10.5. The molecule has 2 aliphatic carbocycles. The van der Waals surface area contributed by atoms with Crippen molar-refractivity contribution in [3.05, 3.63) is 151 Å². The molecule has 10 rings (SSSR count). The number of pyridine rings is 1. The van der Waals surface area contributed by atoms with Gasteiger partial charge in [-0.15, -0.1) is 11.3 Å². The van der Waals surface area contributed by atoms with Crippen LogP contribution in [0.15, 0.2) is 134 Å². The van der Waals surface area contributed by atoms with Crippen molar-refractivity contribution in [3.8, 4) is 22.6 Å². The Hall–Kier alpha value is -5.45. The summed E-state index contributed by atoms with van der Waals surface area (Å²) >= 11 is 1.93. The second-order valence-electron chi connectivity index (χ2n) is 12.6. The Morgan fingerprint density at radius 1 is 0.681 bits per heavy atom. The van der Waals surface area contributed by atoms with Crippen LogP contribution in [-0.2, 0) is 6.42 Å². The highest BCUT2D eigenvalue weighted by atomic mass is 32.1. The number of thiophene rings is 1. The first kappa shape index (κ1) is 26.7. The van der Waals surface area contributed by atoms with Crippen LogP contribution in [0.25, 0.3) is 76.3 Å². The number of nitrogens with zero attached hydrogens (tertiary/aromatic N) is 3. The molecule has 2 aliphatic rings. The molecule has 4 heteroatoms. The van der Waals surface area contributed by atoms with E-state index < -0.39 is 0 Å². The molecule has 0 fully saturated rings. The standard InChI is InChI=1S/C43H31N3S/c1-3-13-28(14-4-1)30-25-35(29-15-5-2-6-16-29)44-41(26-30)45-27-39(33-18-7-10-20-36(33)45)46-37-21-11-8-19-34(37)42-38(46)24-23-32-31-17-9-12-22-40(31)47-43(32)42/h1-5,7,9-15,17-18,20-27H,6,8,16,19H2. The molecule has 47 heavy (non-hydrogen) atoms. The van der Waals surface area contributed by atoms with E-state index in [-0.39, 0.29) is 0 Å². The Balaban J connectivity index is 1.25. The first-order chi connectivity index (χ1) is 23.3. The van der Waals surface area contributed by atoms with Crippen LogP contribution in [0.1, 0.15) is 36.2 Å². The molecule has 4 aromatic heterocycles. The van der Waals surface area contributed by atoms with Crippen LogP contribution in [-0.4, -0.2) is 14.1 Å². The third kappa shape index (κ3) is 4.15. The Kier molecular flexibility index (Phi) is 6.00. The van der Waals surface area contributed by atoms with Gasteiger partial charge in [-0.1, -0.05) is 97.1 Å². The maximum absolute atomic E-state index is 5.35. The van der Waals surface area contributed by atoms with Crippen molar-refractivity contribution in [2.75, 3.05) is 0 Å². The number of benzene rings is 4. The van der Waals surface area contributed by atoms with E-state index in [1.165, 1.54) is 70.1 Å². The monoisotopic (exact) mass is 621 g/mol. The number of aromatic nitrogens is 3. The van der Waals surface area contributed by atoms with E-state index in [1.807, 2.05) is 11.3 Å². The molecule has 0 amide bonds. The lowest BCUT2D eigenvalue weighted by Crippen LogP contribution is -2.02. The fraction of sp³-hybridized carbons (Fsp3) is 0.0930. The molecule has 0 saturated carbocycles. The van der Waals surface area contributed by atoms with Crippen LogP contribution in [0.2, 0.25) is 0 Å². The van der Waals surface area contributed by atoms with Gasteiger partial charge >= 0.3 is 0 Å². The molecule has 0 radical (unpaired) electrons. The number of fused-ring (bicyclic) bond motifs is 8. The van der Waals surface area contributed by atoms with E-state index in [0.29, 0.717) is 0 Å².